The van der Waals surface area contributed by atoms with E-state index in [1.165, 1.54) is 12.3 Å². The van der Waals surface area contributed by atoms with E-state index in [-0.39, 0.29) is 11.6 Å². The Kier molecular flexibility index (Phi) is 7.10. The molecular formula is C14H18N4O4. The van der Waals surface area contributed by atoms with Crippen molar-refractivity contribution in [3.8, 4) is 11.5 Å². The van der Waals surface area contributed by atoms with Gasteiger partial charge in [0.1, 0.15) is 6.20 Å². The van der Waals surface area contributed by atoms with Crippen molar-refractivity contribution < 1.29 is 14.4 Å². The van der Waals surface area contributed by atoms with Crippen LogP contribution >= 0.6 is 0 Å². The predicted octanol–water partition coefficient (Wildman–Crippen LogP) is 2.45. The molecule has 0 saturated heterocycles. The highest BCUT2D eigenvalue weighted by Crippen LogP contribution is 2.22. The molecule has 0 amide bonds. The van der Waals surface area contributed by atoms with Crippen molar-refractivity contribution in [2.45, 2.75) is 13.8 Å². The Morgan fingerprint density at radius 1 is 1.09 bits per heavy atom. The molecule has 2 aromatic heterocycles. The van der Waals surface area contributed by atoms with Crippen molar-refractivity contribution in [3.05, 3.63) is 46.8 Å². The van der Waals surface area contributed by atoms with Gasteiger partial charge >= 0.3 is 5.82 Å². The molecule has 0 radical (unpaired) electrons. The lowest BCUT2D eigenvalue weighted by Crippen LogP contribution is -1.98. The second-order valence-corrected chi connectivity index (χ2v) is 3.84. The van der Waals surface area contributed by atoms with Gasteiger partial charge in [-0.05, 0) is 48.0 Å². The molecule has 2 heterocycles. The van der Waals surface area contributed by atoms with Crippen molar-refractivity contribution >= 4 is 11.6 Å². The van der Waals surface area contributed by atoms with Crippen molar-refractivity contribution in [3.63, 3.8) is 0 Å². The monoisotopic (exact) mass is 306 g/mol. The number of nitro groups is 1. The van der Waals surface area contributed by atoms with E-state index in [2.05, 4.69) is 9.97 Å². The lowest BCUT2D eigenvalue weighted by Gasteiger charge is -2.03. The van der Waals surface area contributed by atoms with Crippen LogP contribution in [0.1, 0.15) is 13.8 Å². The first-order valence-corrected chi connectivity index (χ1v) is 6.65. The maximum absolute atomic E-state index is 10.4. The molecule has 0 aliphatic carbocycles. The fourth-order valence-electron chi connectivity index (χ4n) is 1.47. The Hall–Kier alpha value is -2.90. The summed E-state index contributed by atoms with van der Waals surface area (Å²) >= 11 is 0. The molecule has 118 valence electrons. The Bertz CT molecular complexity index is 607. The zero-order valence-electron chi connectivity index (χ0n) is 12.4. The molecule has 0 unspecified atom stereocenters. The Morgan fingerprint density at radius 3 is 2.18 bits per heavy atom. The molecule has 0 aliphatic rings. The summed E-state index contributed by atoms with van der Waals surface area (Å²) in [5, 5.41) is 10.4. The highest BCUT2D eigenvalue weighted by Gasteiger charge is 2.14. The zero-order chi connectivity index (χ0) is 16.4. The average Bonchev–Trinajstić information content (AvgIpc) is 2.51. The van der Waals surface area contributed by atoms with Gasteiger partial charge in [-0.15, -0.1) is 0 Å². The lowest BCUT2D eigenvalue weighted by molar-refractivity contribution is -0.390. The van der Waals surface area contributed by atoms with E-state index in [1.807, 2.05) is 6.92 Å². The first-order chi connectivity index (χ1) is 10.6. The molecule has 2 N–H and O–H groups in total. The molecule has 0 fully saturated rings. The minimum absolute atomic E-state index is 0.213. The van der Waals surface area contributed by atoms with Crippen LogP contribution in [0.2, 0.25) is 0 Å². The molecule has 0 spiro atoms. The molecule has 0 saturated carbocycles. The van der Waals surface area contributed by atoms with Crippen LogP contribution in [0.15, 0.2) is 36.7 Å². The third kappa shape index (κ3) is 5.23. The van der Waals surface area contributed by atoms with Gasteiger partial charge in [0, 0.05) is 6.20 Å². The molecule has 0 atom stereocenters. The number of nitrogens with zero attached hydrogens (tertiary/aromatic N) is 3. The van der Waals surface area contributed by atoms with E-state index in [9.17, 15) is 10.1 Å². The van der Waals surface area contributed by atoms with Gasteiger partial charge in [-0.2, -0.15) is 0 Å². The standard InChI is InChI=1S/C7H8N2O3.C7H10N2O/c1-2-12-6-4-3-5-8-7(6)9(10)11;1-2-10-6-4-3-5-9-7(6)8/h3-5H,2H2,1H3;3-5H,2H2,1H3,(H2,8,9). The fraction of sp³-hybridized carbons (Fsp3) is 0.286. The zero-order valence-corrected chi connectivity index (χ0v) is 12.4. The van der Waals surface area contributed by atoms with Gasteiger partial charge in [-0.3, -0.25) is 0 Å². The largest absolute Gasteiger partial charge is 0.490 e. The second-order valence-electron chi connectivity index (χ2n) is 3.84. The van der Waals surface area contributed by atoms with Crippen molar-refractivity contribution in [2.75, 3.05) is 18.9 Å². The van der Waals surface area contributed by atoms with E-state index in [4.69, 9.17) is 15.2 Å². The molecule has 8 heteroatoms. The minimum atomic E-state index is -0.564. The Labute approximate surface area is 128 Å². The number of hydrogen-bond acceptors (Lipinski definition) is 7. The summed E-state index contributed by atoms with van der Waals surface area (Å²) < 4.78 is 10.1. The molecule has 0 bridgehead atoms. The minimum Gasteiger partial charge on any atom is -0.490 e. The third-order valence-corrected chi connectivity index (χ3v) is 2.32. The SMILES string of the molecule is CCOc1cccnc1N.CCOc1cccnc1[N+](=O)[O-]. The summed E-state index contributed by atoms with van der Waals surface area (Å²) in [6, 6.07) is 6.71. The number of anilines is 1. The van der Waals surface area contributed by atoms with E-state index >= 15 is 0 Å². The summed E-state index contributed by atoms with van der Waals surface area (Å²) in [6.07, 6.45) is 3.00. The van der Waals surface area contributed by atoms with Gasteiger partial charge in [-0.1, -0.05) is 0 Å². The smallest absolute Gasteiger partial charge is 0.406 e. The van der Waals surface area contributed by atoms with Crippen molar-refractivity contribution in [2.24, 2.45) is 0 Å². The van der Waals surface area contributed by atoms with Crippen LogP contribution in [0.3, 0.4) is 0 Å². The number of rotatable bonds is 5. The number of aromatic nitrogens is 2. The number of nitrogen functional groups attached to an aromatic ring is 1. The van der Waals surface area contributed by atoms with Crippen molar-refractivity contribution in [1.29, 1.82) is 0 Å². The Morgan fingerprint density at radius 2 is 1.64 bits per heavy atom. The topological polar surface area (TPSA) is 113 Å². The van der Waals surface area contributed by atoms with Crippen LogP contribution in [-0.4, -0.2) is 28.1 Å². The first-order valence-electron chi connectivity index (χ1n) is 6.65. The normalized spacial score (nSPS) is 9.36. The number of nitrogens with two attached hydrogens (primary N) is 1. The molecule has 8 nitrogen and oxygen atoms in total. The fourth-order valence-corrected chi connectivity index (χ4v) is 1.47. The van der Waals surface area contributed by atoms with Crippen molar-refractivity contribution in [1.82, 2.24) is 9.97 Å². The van der Waals surface area contributed by atoms with Crippen LogP contribution in [0.25, 0.3) is 0 Å². The maximum atomic E-state index is 10.4. The van der Waals surface area contributed by atoms with Crippen LogP contribution in [-0.2, 0) is 0 Å². The Balaban J connectivity index is 0.000000224. The van der Waals surface area contributed by atoms with Crippen LogP contribution in [0, 0.1) is 10.1 Å². The van der Waals surface area contributed by atoms with E-state index < -0.39 is 4.92 Å². The molecule has 2 aromatic rings. The van der Waals surface area contributed by atoms with E-state index in [1.54, 1.807) is 31.3 Å². The van der Waals surface area contributed by atoms with Gasteiger partial charge in [0.25, 0.3) is 0 Å². The molecular weight excluding hydrogens is 288 g/mol. The number of ether oxygens (including phenoxy) is 2. The number of pyridine rings is 2. The first kappa shape index (κ1) is 17.2. The van der Waals surface area contributed by atoms with E-state index in [0.717, 1.165) is 0 Å². The summed E-state index contributed by atoms with van der Waals surface area (Å²) in [5.74, 6) is 1.08. The van der Waals surface area contributed by atoms with Gasteiger partial charge < -0.3 is 25.3 Å². The summed E-state index contributed by atoms with van der Waals surface area (Å²) in [7, 11) is 0. The number of hydrogen-bond donors (Lipinski definition) is 1. The van der Waals surface area contributed by atoms with Gasteiger partial charge in [0.2, 0.25) is 5.75 Å². The van der Waals surface area contributed by atoms with Crippen LogP contribution in [0.5, 0.6) is 11.5 Å². The highest BCUT2D eigenvalue weighted by atomic mass is 16.6. The van der Waals surface area contributed by atoms with Crippen LogP contribution in [0.4, 0.5) is 11.6 Å². The third-order valence-electron chi connectivity index (χ3n) is 2.32. The van der Waals surface area contributed by atoms with Gasteiger partial charge in [0.05, 0.1) is 13.2 Å². The summed E-state index contributed by atoms with van der Waals surface area (Å²) in [5.41, 5.74) is 5.47. The van der Waals surface area contributed by atoms with Gasteiger partial charge in [0.15, 0.2) is 11.6 Å². The van der Waals surface area contributed by atoms with E-state index in [0.29, 0.717) is 24.8 Å². The summed E-state index contributed by atoms with van der Waals surface area (Å²) in [6.45, 7) is 4.69. The average molecular weight is 306 g/mol. The molecule has 0 aliphatic heterocycles. The van der Waals surface area contributed by atoms with Crippen LogP contribution < -0.4 is 15.2 Å². The predicted molar refractivity (Wildman–Crippen MR) is 81.9 cm³/mol. The maximum Gasteiger partial charge on any atom is 0.406 e. The highest BCUT2D eigenvalue weighted by molar-refractivity contribution is 5.44. The molecule has 2 rings (SSSR count). The second kappa shape index (κ2) is 9.11. The summed E-state index contributed by atoms with van der Waals surface area (Å²) in [4.78, 5) is 17.2. The quantitative estimate of drug-likeness (QED) is 0.666. The lowest BCUT2D eigenvalue weighted by atomic mass is 10.4. The van der Waals surface area contributed by atoms with Gasteiger partial charge in [-0.25, -0.2) is 4.98 Å². The molecule has 0 aromatic carbocycles. The molecule has 22 heavy (non-hydrogen) atoms.